The number of furan rings is 1. The van der Waals surface area contributed by atoms with E-state index in [9.17, 15) is 0 Å². The second-order valence-electron chi connectivity index (χ2n) is 2.29. The highest BCUT2D eigenvalue weighted by molar-refractivity contribution is 7.14. The first kappa shape index (κ1) is 6.61. The molecule has 2 rings (SSSR count). The van der Waals surface area contributed by atoms with E-state index in [0.717, 1.165) is 10.6 Å². The molecule has 0 aromatic carbocycles. The summed E-state index contributed by atoms with van der Waals surface area (Å²) in [6.07, 6.45) is 5.23. The summed E-state index contributed by atoms with van der Waals surface area (Å²) in [5.41, 5.74) is 1.06. The Morgan fingerprint density at radius 2 is 2.45 bits per heavy atom. The predicted molar refractivity (Wildman–Crippen MR) is 44.6 cm³/mol. The monoisotopic (exact) mass is 165 g/mol. The van der Waals surface area contributed by atoms with Crippen molar-refractivity contribution in [1.82, 2.24) is 4.98 Å². The van der Waals surface area contributed by atoms with Crippen LogP contribution in [0.15, 0.2) is 29.2 Å². The first-order chi connectivity index (χ1) is 5.36. The zero-order chi connectivity index (χ0) is 7.68. The SMILES string of the molecule is Cc1cnc(-c2ccoc2)s1. The van der Waals surface area contributed by atoms with Crippen molar-refractivity contribution in [3.63, 3.8) is 0 Å². The fourth-order valence-electron chi connectivity index (χ4n) is 0.874. The molecule has 2 heterocycles. The van der Waals surface area contributed by atoms with Crippen LogP contribution in [0.2, 0.25) is 0 Å². The molecular weight excluding hydrogens is 158 g/mol. The summed E-state index contributed by atoms with van der Waals surface area (Å²) in [5, 5.41) is 1.02. The van der Waals surface area contributed by atoms with E-state index in [4.69, 9.17) is 4.42 Å². The average molecular weight is 165 g/mol. The van der Waals surface area contributed by atoms with Crippen LogP contribution >= 0.6 is 11.3 Å². The molecular formula is C8H7NOS. The highest BCUT2D eigenvalue weighted by Gasteiger charge is 2.01. The first-order valence-electron chi connectivity index (χ1n) is 3.31. The van der Waals surface area contributed by atoms with E-state index in [2.05, 4.69) is 4.98 Å². The Morgan fingerprint density at radius 3 is 3.00 bits per heavy atom. The van der Waals surface area contributed by atoms with Crippen molar-refractivity contribution in [2.24, 2.45) is 0 Å². The Bertz CT molecular complexity index is 337. The molecule has 11 heavy (non-hydrogen) atoms. The van der Waals surface area contributed by atoms with Gasteiger partial charge < -0.3 is 4.42 Å². The maximum Gasteiger partial charge on any atom is 0.126 e. The van der Waals surface area contributed by atoms with Crippen molar-refractivity contribution in [2.45, 2.75) is 6.92 Å². The van der Waals surface area contributed by atoms with E-state index in [1.165, 1.54) is 4.88 Å². The molecule has 0 radical (unpaired) electrons. The summed E-state index contributed by atoms with van der Waals surface area (Å²) in [4.78, 5) is 5.44. The van der Waals surface area contributed by atoms with Crippen LogP contribution in [0.4, 0.5) is 0 Å². The molecule has 0 aliphatic heterocycles. The molecule has 2 aromatic rings. The van der Waals surface area contributed by atoms with Gasteiger partial charge in [0.05, 0.1) is 6.26 Å². The van der Waals surface area contributed by atoms with E-state index >= 15 is 0 Å². The maximum absolute atomic E-state index is 4.94. The molecule has 0 amide bonds. The predicted octanol–water partition coefficient (Wildman–Crippen LogP) is 2.71. The van der Waals surface area contributed by atoms with Gasteiger partial charge in [-0.3, -0.25) is 0 Å². The third-order valence-electron chi connectivity index (χ3n) is 1.39. The van der Waals surface area contributed by atoms with Crippen LogP contribution in [0, 0.1) is 6.92 Å². The number of rotatable bonds is 1. The van der Waals surface area contributed by atoms with Gasteiger partial charge in [0.15, 0.2) is 0 Å². The minimum absolute atomic E-state index is 1.02. The van der Waals surface area contributed by atoms with Crippen molar-refractivity contribution < 1.29 is 4.42 Å². The average Bonchev–Trinajstić information content (AvgIpc) is 2.55. The van der Waals surface area contributed by atoms with Gasteiger partial charge in [0.1, 0.15) is 11.3 Å². The van der Waals surface area contributed by atoms with Gasteiger partial charge >= 0.3 is 0 Å². The Morgan fingerprint density at radius 1 is 1.55 bits per heavy atom. The number of aromatic nitrogens is 1. The van der Waals surface area contributed by atoms with Crippen molar-refractivity contribution in [2.75, 3.05) is 0 Å². The molecule has 2 aromatic heterocycles. The van der Waals surface area contributed by atoms with Gasteiger partial charge in [-0.2, -0.15) is 0 Å². The van der Waals surface area contributed by atoms with E-state index in [1.54, 1.807) is 23.9 Å². The highest BCUT2D eigenvalue weighted by atomic mass is 32.1. The van der Waals surface area contributed by atoms with Crippen molar-refractivity contribution in [1.29, 1.82) is 0 Å². The quantitative estimate of drug-likeness (QED) is 0.649. The van der Waals surface area contributed by atoms with Crippen LogP contribution in [-0.2, 0) is 0 Å². The second-order valence-corrected chi connectivity index (χ2v) is 3.52. The maximum atomic E-state index is 4.94. The molecule has 0 aliphatic carbocycles. The molecule has 2 nitrogen and oxygen atoms in total. The fourth-order valence-corrected chi connectivity index (χ4v) is 1.62. The van der Waals surface area contributed by atoms with Gasteiger partial charge in [-0.05, 0) is 13.0 Å². The Hall–Kier alpha value is -1.09. The lowest BCUT2D eigenvalue weighted by atomic mass is 10.4. The van der Waals surface area contributed by atoms with Crippen LogP contribution in [0.5, 0.6) is 0 Å². The molecule has 0 saturated heterocycles. The van der Waals surface area contributed by atoms with Crippen LogP contribution in [0.3, 0.4) is 0 Å². The lowest BCUT2D eigenvalue weighted by Gasteiger charge is -1.83. The second kappa shape index (κ2) is 2.51. The summed E-state index contributed by atoms with van der Waals surface area (Å²) < 4.78 is 4.94. The van der Waals surface area contributed by atoms with Gasteiger partial charge in [-0.25, -0.2) is 4.98 Å². The summed E-state index contributed by atoms with van der Waals surface area (Å²) in [6.45, 7) is 2.04. The lowest BCUT2D eigenvalue weighted by Crippen LogP contribution is -1.65. The number of aryl methyl sites for hydroxylation is 1. The van der Waals surface area contributed by atoms with Gasteiger partial charge in [-0.1, -0.05) is 0 Å². The minimum Gasteiger partial charge on any atom is -0.472 e. The number of nitrogens with zero attached hydrogens (tertiary/aromatic N) is 1. The minimum atomic E-state index is 1.02. The van der Waals surface area contributed by atoms with E-state index < -0.39 is 0 Å². The van der Waals surface area contributed by atoms with E-state index in [-0.39, 0.29) is 0 Å². The van der Waals surface area contributed by atoms with Gasteiger partial charge in [0.2, 0.25) is 0 Å². The molecule has 0 aliphatic rings. The Balaban J connectivity index is 2.45. The Kier molecular flexibility index (Phi) is 1.51. The molecule has 56 valence electrons. The molecule has 0 unspecified atom stereocenters. The molecule has 0 atom stereocenters. The van der Waals surface area contributed by atoms with Gasteiger partial charge in [-0.15, -0.1) is 11.3 Å². The van der Waals surface area contributed by atoms with Crippen molar-refractivity contribution in [3.8, 4) is 10.6 Å². The third-order valence-corrected chi connectivity index (χ3v) is 2.35. The molecule has 0 fully saturated rings. The summed E-state index contributed by atoms with van der Waals surface area (Å²) >= 11 is 1.67. The molecule has 0 N–H and O–H groups in total. The largest absolute Gasteiger partial charge is 0.472 e. The molecule has 0 saturated carbocycles. The van der Waals surface area contributed by atoms with Crippen molar-refractivity contribution >= 4 is 11.3 Å². The Labute approximate surface area is 68.5 Å². The number of hydrogen-bond acceptors (Lipinski definition) is 3. The summed E-state index contributed by atoms with van der Waals surface area (Å²) in [5.74, 6) is 0. The van der Waals surface area contributed by atoms with Crippen LogP contribution in [0.25, 0.3) is 10.6 Å². The summed E-state index contributed by atoms with van der Waals surface area (Å²) in [7, 11) is 0. The zero-order valence-corrected chi connectivity index (χ0v) is 6.89. The van der Waals surface area contributed by atoms with Gasteiger partial charge in [0.25, 0.3) is 0 Å². The smallest absolute Gasteiger partial charge is 0.126 e. The molecule has 0 spiro atoms. The van der Waals surface area contributed by atoms with Crippen LogP contribution < -0.4 is 0 Å². The van der Waals surface area contributed by atoms with E-state index in [0.29, 0.717) is 0 Å². The van der Waals surface area contributed by atoms with Crippen molar-refractivity contribution in [3.05, 3.63) is 29.7 Å². The molecule has 0 bridgehead atoms. The van der Waals surface area contributed by atoms with Gasteiger partial charge in [0, 0.05) is 16.6 Å². The number of hydrogen-bond donors (Lipinski definition) is 0. The zero-order valence-electron chi connectivity index (χ0n) is 6.07. The normalized spacial score (nSPS) is 10.3. The fraction of sp³-hybridized carbons (Fsp3) is 0.125. The summed E-state index contributed by atoms with van der Waals surface area (Å²) in [6, 6.07) is 1.91. The van der Waals surface area contributed by atoms with Crippen LogP contribution in [-0.4, -0.2) is 4.98 Å². The third kappa shape index (κ3) is 1.19. The lowest BCUT2D eigenvalue weighted by molar-refractivity contribution is 0.568. The topological polar surface area (TPSA) is 26.0 Å². The molecule has 3 heteroatoms. The first-order valence-corrected chi connectivity index (χ1v) is 4.13. The standard InChI is InChI=1S/C8H7NOS/c1-6-4-9-8(11-6)7-2-3-10-5-7/h2-5H,1H3. The highest BCUT2D eigenvalue weighted by Crippen LogP contribution is 2.24. The van der Waals surface area contributed by atoms with Crippen LogP contribution in [0.1, 0.15) is 4.88 Å². The number of thiazole rings is 1. The van der Waals surface area contributed by atoms with E-state index in [1.807, 2.05) is 19.2 Å².